The number of rotatable bonds is 4. The average molecular weight is 372 g/mol. The van der Waals surface area contributed by atoms with Crippen molar-refractivity contribution in [1.29, 1.82) is 0 Å². The third-order valence-corrected chi connectivity index (χ3v) is 3.62. The maximum Gasteiger partial charge on any atom is 0.243 e. The van der Waals surface area contributed by atoms with E-state index in [-0.39, 0.29) is 17.5 Å². The number of carbonyl (C=O) groups is 1. The van der Waals surface area contributed by atoms with E-state index in [9.17, 15) is 9.18 Å². The van der Waals surface area contributed by atoms with Gasteiger partial charge in [-0.15, -0.1) is 0 Å². The zero-order chi connectivity index (χ0) is 15.4. The number of carbonyl (C=O) groups excluding carboxylic acids is 1. The van der Waals surface area contributed by atoms with Gasteiger partial charge >= 0.3 is 0 Å². The molecule has 21 heavy (non-hydrogen) atoms. The molecule has 6 heteroatoms. The van der Waals surface area contributed by atoms with Crippen LogP contribution in [0.3, 0.4) is 0 Å². The first kappa shape index (κ1) is 15.8. The third kappa shape index (κ3) is 4.44. The molecule has 0 atom stereocenters. The van der Waals surface area contributed by atoms with Crippen molar-refractivity contribution in [2.45, 2.75) is 6.92 Å². The van der Waals surface area contributed by atoms with Gasteiger partial charge < -0.3 is 10.6 Å². The van der Waals surface area contributed by atoms with Crippen LogP contribution >= 0.6 is 27.5 Å². The lowest BCUT2D eigenvalue weighted by Crippen LogP contribution is -2.22. The fourth-order valence-electron chi connectivity index (χ4n) is 1.75. The van der Waals surface area contributed by atoms with Crippen LogP contribution in [0.2, 0.25) is 5.02 Å². The Morgan fingerprint density at radius 1 is 1.29 bits per heavy atom. The van der Waals surface area contributed by atoms with Gasteiger partial charge in [0, 0.05) is 15.8 Å². The monoisotopic (exact) mass is 370 g/mol. The van der Waals surface area contributed by atoms with E-state index in [0.717, 1.165) is 15.7 Å². The number of anilines is 2. The summed E-state index contributed by atoms with van der Waals surface area (Å²) in [6, 6.07) is 9.82. The highest BCUT2D eigenvalue weighted by molar-refractivity contribution is 9.10. The zero-order valence-electron chi connectivity index (χ0n) is 11.2. The summed E-state index contributed by atoms with van der Waals surface area (Å²) in [5.74, 6) is -0.682. The third-order valence-electron chi connectivity index (χ3n) is 2.84. The maximum atomic E-state index is 13.0. The van der Waals surface area contributed by atoms with Gasteiger partial charge in [-0.2, -0.15) is 0 Å². The van der Waals surface area contributed by atoms with Gasteiger partial charge in [-0.05, 0) is 48.9 Å². The van der Waals surface area contributed by atoms with Gasteiger partial charge in [0.05, 0.1) is 11.6 Å². The topological polar surface area (TPSA) is 41.1 Å². The summed E-state index contributed by atoms with van der Waals surface area (Å²) in [6.07, 6.45) is 0. The van der Waals surface area contributed by atoms with Crippen molar-refractivity contribution in [3.05, 3.63) is 57.3 Å². The van der Waals surface area contributed by atoms with Crippen LogP contribution in [0, 0.1) is 12.7 Å². The van der Waals surface area contributed by atoms with E-state index in [2.05, 4.69) is 26.6 Å². The second-order valence-electron chi connectivity index (χ2n) is 4.49. The molecule has 2 aromatic rings. The molecule has 0 unspecified atom stereocenters. The Hall–Kier alpha value is -1.59. The summed E-state index contributed by atoms with van der Waals surface area (Å²) in [6.45, 7) is 1.98. The van der Waals surface area contributed by atoms with Crippen molar-refractivity contribution in [3.8, 4) is 0 Å². The Morgan fingerprint density at radius 3 is 2.71 bits per heavy atom. The second kappa shape index (κ2) is 6.91. The Labute approximate surface area is 135 Å². The lowest BCUT2D eigenvalue weighted by Gasteiger charge is -2.10. The predicted octanol–water partition coefficient (Wildman–Crippen LogP) is 4.60. The molecule has 0 aliphatic rings. The molecule has 0 saturated carbocycles. The van der Waals surface area contributed by atoms with E-state index in [1.54, 1.807) is 0 Å². The van der Waals surface area contributed by atoms with Crippen molar-refractivity contribution in [2.75, 3.05) is 17.2 Å². The molecule has 0 heterocycles. The first-order valence-electron chi connectivity index (χ1n) is 6.20. The molecule has 0 spiro atoms. The predicted molar refractivity (Wildman–Crippen MR) is 87.4 cm³/mol. The van der Waals surface area contributed by atoms with Crippen LogP contribution < -0.4 is 10.6 Å². The van der Waals surface area contributed by atoms with Gasteiger partial charge in [-0.1, -0.05) is 27.5 Å². The SMILES string of the molecule is Cc1cc(Br)ccc1NC(=O)CNc1ccc(F)c(Cl)c1. The van der Waals surface area contributed by atoms with Gasteiger partial charge in [0.2, 0.25) is 5.91 Å². The first-order chi connectivity index (χ1) is 9.95. The molecule has 0 saturated heterocycles. The van der Waals surface area contributed by atoms with E-state index in [1.165, 1.54) is 18.2 Å². The lowest BCUT2D eigenvalue weighted by atomic mass is 10.2. The number of amides is 1. The quantitative estimate of drug-likeness (QED) is 0.824. The molecular weight excluding hydrogens is 359 g/mol. The van der Waals surface area contributed by atoms with Crippen LogP contribution in [-0.2, 0) is 4.79 Å². The minimum atomic E-state index is -0.489. The molecular formula is C15H13BrClFN2O. The summed E-state index contributed by atoms with van der Waals surface area (Å²) < 4.78 is 14.0. The highest BCUT2D eigenvalue weighted by atomic mass is 79.9. The number of hydrogen-bond donors (Lipinski definition) is 2. The Morgan fingerprint density at radius 2 is 2.05 bits per heavy atom. The fraction of sp³-hybridized carbons (Fsp3) is 0.133. The summed E-state index contributed by atoms with van der Waals surface area (Å²) in [5.41, 5.74) is 2.30. The summed E-state index contributed by atoms with van der Waals surface area (Å²) >= 11 is 9.04. The van der Waals surface area contributed by atoms with E-state index >= 15 is 0 Å². The molecule has 0 aromatic heterocycles. The Balaban J connectivity index is 1.94. The fourth-order valence-corrected chi connectivity index (χ4v) is 2.41. The normalized spacial score (nSPS) is 10.3. The Kier molecular flexibility index (Phi) is 5.20. The molecule has 0 fully saturated rings. The Bertz CT molecular complexity index is 679. The van der Waals surface area contributed by atoms with E-state index in [0.29, 0.717) is 5.69 Å². The zero-order valence-corrected chi connectivity index (χ0v) is 13.6. The van der Waals surface area contributed by atoms with Crippen LogP contribution in [0.15, 0.2) is 40.9 Å². The first-order valence-corrected chi connectivity index (χ1v) is 7.38. The van der Waals surface area contributed by atoms with Crippen molar-refractivity contribution in [2.24, 2.45) is 0 Å². The highest BCUT2D eigenvalue weighted by Crippen LogP contribution is 2.21. The molecule has 1 amide bonds. The molecule has 2 rings (SSSR count). The summed E-state index contributed by atoms with van der Waals surface area (Å²) in [7, 11) is 0. The molecule has 2 N–H and O–H groups in total. The van der Waals surface area contributed by atoms with Gasteiger partial charge in [0.25, 0.3) is 0 Å². The largest absolute Gasteiger partial charge is 0.376 e. The minimum Gasteiger partial charge on any atom is -0.376 e. The van der Waals surface area contributed by atoms with Crippen molar-refractivity contribution in [3.63, 3.8) is 0 Å². The molecule has 0 radical (unpaired) electrons. The number of halogens is 3. The summed E-state index contributed by atoms with van der Waals surface area (Å²) in [5, 5.41) is 5.71. The van der Waals surface area contributed by atoms with E-state index in [4.69, 9.17) is 11.6 Å². The van der Waals surface area contributed by atoms with Crippen molar-refractivity contribution < 1.29 is 9.18 Å². The van der Waals surface area contributed by atoms with Crippen LogP contribution in [-0.4, -0.2) is 12.5 Å². The lowest BCUT2D eigenvalue weighted by molar-refractivity contribution is -0.114. The minimum absolute atomic E-state index is 0.0177. The number of benzene rings is 2. The second-order valence-corrected chi connectivity index (χ2v) is 5.81. The number of hydrogen-bond acceptors (Lipinski definition) is 2. The molecule has 2 aromatic carbocycles. The van der Waals surface area contributed by atoms with Crippen LogP contribution in [0.5, 0.6) is 0 Å². The maximum absolute atomic E-state index is 13.0. The van der Waals surface area contributed by atoms with Crippen LogP contribution in [0.25, 0.3) is 0 Å². The molecule has 3 nitrogen and oxygen atoms in total. The van der Waals surface area contributed by atoms with Crippen molar-refractivity contribution >= 4 is 44.8 Å². The smallest absolute Gasteiger partial charge is 0.243 e. The molecule has 110 valence electrons. The van der Waals surface area contributed by atoms with E-state index in [1.807, 2.05) is 25.1 Å². The number of aryl methyl sites for hydroxylation is 1. The number of nitrogens with one attached hydrogen (secondary N) is 2. The standard InChI is InChI=1S/C15H13BrClFN2O/c1-9-6-10(16)2-5-14(9)20-15(21)8-19-11-3-4-13(18)12(17)7-11/h2-7,19H,8H2,1H3,(H,20,21). The molecule has 0 aliphatic carbocycles. The highest BCUT2D eigenvalue weighted by Gasteiger charge is 2.06. The summed E-state index contributed by atoms with van der Waals surface area (Å²) in [4.78, 5) is 11.9. The van der Waals surface area contributed by atoms with E-state index < -0.39 is 5.82 Å². The van der Waals surface area contributed by atoms with Crippen LogP contribution in [0.1, 0.15) is 5.56 Å². The van der Waals surface area contributed by atoms with Gasteiger partial charge in [0.15, 0.2) is 0 Å². The van der Waals surface area contributed by atoms with Gasteiger partial charge in [-0.25, -0.2) is 4.39 Å². The average Bonchev–Trinajstić information content (AvgIpc) is 2.43. The van der Waals surface area contributed by atoms with Crippen molar-refractivity contribution in [1.82, 2.24) is 0 Å². The molecule has 0 aliphatic heterocycles. The van der Waals surface area contributed by atoms with Gasteiger partial charge in [-0.3, -0.25) is 4.79 Å². The van der Waals surface area contributed by atoms with Crippen LogP contribution in [0.4, 0.5) is 15.8 Å². The van der Waals surface area contributed by atoms with Gasteiger partial charge in [0.1, 0.15) is 5.82 Å². The molecule has 0 bridgehead atoms.